The Morgan fingerprint density at radius 1 is 1.38 bits per heavy atom. The lowest BCUT2D eigenvalue weighted by Crippen LogP contribution is -2.06. The first kappa shape index (κ1) is 11.2. The lowest BCUT2D eigenvalue weighted by molar-refractivity contribution is -0.138. The second-order valence-electron chi connectivity index (χ2n) is 3.94. The van der Waals surface area contributed by atoms with Crippen LogP contribution in [0, 0.1) is 5.92 Å². The fourth-order valence-corrected chi connectivity index (χ4v) is 1.48. The van der Waals surface area contributed by atoms with E-state index in [0.717, 1.165) is 18.4 Å². The van der Waals surface area contributed by atoms with Crippen LogP contribution in [0.25, 0.3) is 6.08 Å². The quantitative estimate of drug-likeness (QED) is 0.593. The highest BCUT2D eigenvalue weighted by Gasteiger charge is 2.23. The summed E-state index contributed by atoms with van der Waals surface area (Å²) in [5, 5.41) is 0.131. The summed E-state index contributed by atoms with van der Waals surface area (Å²) < 4.78 is 5.06. The van der Waals surface area contributed by atoms with Crippen LogP contribution in [-0.4, -0.2) is 12.6 Å². The second kappa shape index (κ2) is 5.17. The number of carbonyl (C=O) groups is 1. The highest BCUT2D eigenvalue weighted by molar-refractivity contribution is 6.43. The van der Waals surface area contributed by atoms with Crippen molar-refractivity contribution >= 4 is 23.6 Å². The van der Waals surface area contributed by atoms with Gasteiger partial charge in [-0.05, 0) is 30.4 Å². The molecule has 0 N–H and O–H groups in total. The molecule has 84 valence electrons. The van der Waals surface area contributed by atoms with E-state index < -0.39 is 5.97 Å². The zero-order chi connectivity index (χ0) is 11.4. The molecular weight excluding hydrogens is 224 g/mol. The van der Waals surface area contributed by atoms with Crippen molar-refractivity contribution in [3.63, 3.8) is 0 Å². The molecule has 0 spiro atoms. The molecule has 0 aromatic heterocycles. The van der Waals surface area contributed by atoms with E-state index in [4.69, 9.17) is 16.3 Å². The summed E-state index contributed by atoms with van der Waals surface area (Å²) in [6.07, 6.45) is 3.94. The normalized spacial score (nSPS) is 15.9. The van der Waals surface area contributed by atoms with Gasteiger partial charge in [0.1, 0.15) is 5.03 Å². The van der Waals surface area contributed by atoms with Crippen LogP contribution in [0.1, 0.15) is 18.4 Å². The molecule has 0 saturated heterocycles. The molecule has 0 aliphatic heterocycles. The van der Waals surface area contributed by atoms with Crippen molar-refractivity contribution in [2.45, 2.75) is 12.8 Å². The number of benzene rings is 1. The van der Waals surface area contributed by atoms with Gasteiger partial charge >= 0.3 is 5.97 Å². The van der Waals surface area contributed by atoms with Gasteiger partial charge in [-0.15, -0.1) is 0 Å². The Labute approximate surface area is 99.9 Å². The number of hydrogen-bond acceptors (Lipinski definition) is 2. The summed E-state index contributed by atoms with van der Waals surface area (Å²) in [6, 6.07) is 9.47. The van der Waals surface area contributed by atoms with Gasteiger partial charge in [-0.1, -0.05) is 41.9 Å². The van der Waals surface area contributed by atoms with Crippen LogP contribution in [0.5, 0.6) is 0 Å². The third-order valence-corrected chi connectivity index (χ3v) is 2.70. The highest BCUT2D eigenvalue weighted by atomic mass is 35.5. The van der Waals surface area contributed by atoms with Gasteiger partial charge in [0.15, 0.2) is 0 Å². The first-order valence-corrected chi connectivity index (χ1v) is 5.73. The second-order valence-corrected chi connectivity index (χ2v) is 4.35. The third-order valence-electron chi connectivity index (χ3n) is 2.44. The summed E-state index contributed by atoms with van der Waals surface area (Å²) in [5.41, 5.74) is 0.899. The van der Waals surface area contributed by atoms with Gasteiger partial charge < -0.3 is 4.74 Å². The van der Waals surface area contributed by atoms with E-state index in [9.17, 15) is 4.79 Å². The smallest absolute Gasteiger partial charge is 0.349 e. The maximum Gasteiger partial charge on any atom is 0.349 e. The van der Waals surface area contributed by atoms with Crippen molar-refractivity contribution < 1.29 is 9.53 Å². The highest BCUT2D eigenvalue weighted by Crippen LogP contribution is 2.29. The number of ether oxygens (including phenoxy) is 1. The van der Waals surface area contributed by atoms with Crippen LogP contribution in [0.3, 0.4) is 0 Å². The molecule has 0 heterocycles. The molecule has 0 amide bonds. The average molecular weight is 237 g/mol. The van der Waals surface area contributed by atoms with E-state index in [2.05, 4.69) is 0 Å². The van der Waals surface area contributed by atoms with Gasteiger partial charge in [0.2, 0.25) is 0 Å². The molecule has 0 atom stereocenters. The monoisotopic (exact) mass is 236 g/mol. The molecule has 1 fully saturated rings. The summed E-state index contributed by atoms with van der Waals surface area (Å²) in [5.74, 6) is 0.127. The SMILES string of the molecule is O=C(OCC1CC1)C(Cl)=Cc1ccccc1. The molecule has 2 nitrogen and oxygen atoms in total. The Balaban J connectivity index is 1.92. The molecule has 1 aliphatic carbocycles. The lowest BCUT2D eigenvalue weighted by Gasteiger charge is -2.02. The fourth-order valence-electron chi connectivity index (χ4n) is 1.30. The van der Waals surface area contributed by atoms with Crippen LogP contribution < -0.4 is 0 Å². The van der Waals surface area contributed by atoms with Crippen molar-refractivity contribution in [2.75, 3.05) is 6.61 Å². The van der Waals surface area contributed by atoms with Gasteiger partial charge in [0.25, 0.3) is 0 Å². The van der Waals surface area contributed by atoms with Crippen molar-refractivity contribution in [1.82, 2.24) is 0 Å². The number of halogens is 1. The van der Waals surface area contributed by atoms with E-state index in [1.807, 2.05) is 30.3 Å². The van der Waals surface area contributed by atoms with Crippen LogP contribution >= 0.6 is 11.6 Å². The maximum absolute atomic E-state index is 11.5. The van der Waals surface area contributed by atoms with E-state index in [1.54, 1.807) is 6.08 Å². The Hall–Kier alpha value is -1.28. The van der Waals surface area contributed by atoms with Crippen molar-refractivity contribution in [3.05, 3.63) is 40.9 Å². The Bertz CT molecular complexity index is 394. The Morgan fingerprint density at radius 3 is 2.69 bits per heavy atom. The Morgan fingerprint density at radius 2 is 2.06 bits per heavy atom. The molecule has 1 aliphatic rings. The zero-order valence-electron chi connectivity index (χ0n) is 8.86. The number of carbonyl (C=O) groups excluding carboxylic acids is 1. The summed E-state index contributed by atoms with van der Waals surface area (Å²) in [4.78, 5) is 11.5. The Kier molecular flexibility index (Phi) is 3.62. The van der Waals surface area contributed by atoms with Crippen LogP contribution in [0.15, 0.2) is 35.4 Å². The van der Waals surface area contributed by atoms with Crippen LogP contribution in [0.2, 0.25) is 0 Å². The van der Waals surface area contributed by atoms with Gasteiger partial charge in [-0.3, -0.25) is 0 Å². The minimum atomic E-state index is -0.433. The first-order chi connectivity index (χ1) is 7.75. The van der Waals surface area contributed by atoms with Crippen LogP contribution in [-0.2, 0) is 9.53 Å². The molecule has 16 heavy (non-hydrogen) atoms. The van der Waals surface area contributed by atoms with Crippen molar-refractivity contribution in [1.29, 1.82) is 0 Å². The molecule has 3 heteroatoms. The van der Waals surface area contributed by atoms with Crippen molar-refractivity contribution in [2.24, 2.45) is 5.92 Å². The zero-order valence-corrected chi connectivity index (χ0v) is 9.61. The van der Waals surface area contributed by atoms with E-state index in [0.29, 0.717) is 12.5 Å². The average Bonchev–Trinajstić information content (AvgIpc) is 3.11. The number of rotatable bonds is 4. The summed E-state index contributed by atoms with van der Waals surface area (Å²) in [6.45, 7) is 0.498. The van der Waals surface area contributed by atoms with Gasteiger partial charge in [-0.25, -0.2) is 4.79 Å². The maximum atomic E-state index is 11.5. The molecule has 0 radical (unpaired) electrons. The van der Waals surface area contributed by atoms with Crippen molar-refractivity contribution in [3.8, 4) is 0 Å². The molecule has 1 aromatic rings. The molecule has 0 bridgehead atoms. The first-order valence-electron chi connectivity index (χ1n) is 5.35. The predicted molar refractivity (Wildman–Crippen MR) is 64.0 cm³/mol. The fraction of sp³-hybridized carbons (Fsp3) is 0.308. The van der Waals surface area contributed by atoms with E-state index in [-0.39, 0.29) is 5.03 Å². The summed E-state index contributed by atoms with van der Waals surface area (Å²) >= 11 is 5.86. The minimum absolute atomic E-state index is 0.131. The minimum Gasteiger partial charge on any atom is -0.461 e. The van der Waals surface area contributed by atoms with E-state index in [1.165, 1.54) is 0 Å². The van der Waals surface area contributed by atoms with Gasteiger partial charge in [-0.2, -0.15) is 0 Å². The largest absolute Gasteiger partial charge is 0.461 e. The topological polar surface area (TPSA) is 26.3 Å². The third kappa shape index (κ3) is 3.38. The van der Waals surface area contributed by atoms with Crippen LogP contribution in [0.4, 0.5) is 0 Å². The van der Waals surface area contributed by atoms with E-state index >= 15 is 0 Å². The standard InChI is InChI=1S/C13H13ClO2/c14-12(8-10-4-2-1-3-5-10)13(15)16-9-11-6-7-11/h1-5,8,11H,6-7,9H2. The molecule has 1 aromatic carbocycles. The molecule has 1 saturated carbocycles. The van der Waals surface area contributed by atoms with Gasteiger partial charge in [0, 0.05) is 0 Å². The number of hydrogen-bond donors (Lipinski definition) is 0. The number of esters is 1. The summed E-state index contributed by atoms with van der Waals surface area (Å²) in [7, 11) is 0. The lowest BCUT2D eigenvalue weighted by atomic mass is 10.2. The predicted octanol–water partition coefficient (Wildman–Crippen LogP) is 3.22. The molecule has 0 unspecified atom stereocenters. The molecule has 2 rings (SSSR count). The molecular formula is C13H13ClO2. The van der Waals surface area contributed by atoms with Gasteiger partial charge in [0.05, 0.1) is 6.61 Å².